The third kappa shape index (κ3) is 3.11. The summed E-state index contributed by atoms with van der Waals surface area (Å²) in [6.45, 7) is 4.44. The molecule has 1 atom stereocenters. The molecule has 0 fully saturated rings. The molecule has 0 saturated carbocycles. The summed E-state index contributed by atoms with van der Waals surface area (Å²) in [6, 6.07) is 0. The standard InChI is InChI=1S/C11H16BrN/c1-3-8(2)6-9-4-5-10(12)7-11(9)13/h4-5,8,13H,3,6-7H2,1-2H3. The number of nitrogens with one attached hydrogen (secondary N) is 1. The molecule has 0 aromatic rings. The Bertz CT molecular complexity index is 263. The Hall–Kier alpha value is -0.370. The van der Waals surface area contributed by atoms with Crippen LogP contribution in [0.1, 0.15) is 33.1 Å². The van der Waals surface area contributed by atoms with Gasteiger partial charge in [-0.2, -0.15) is 0 Å². The van der Waals surface area contributed by atoms with E-state index in [-0.39, 0.29) is 0 Å². The van der Waals surface area contributed by atoms with Gasteiger partial charge in [0.1, 0.15) is 0 Å². The van der Waals surface area contributed by atoms with Gasteiger partial charge in [-0.15, -0.1) is 0 Å². The van der Waals surface area contributed by atoms with E-state index in [1.54, 1.807) is 0 Å². The Morgan fingerprint density at radius 3 is 2.77 bits per heavy atom. The van der Waals surface area contributed by atoms with Crippen molar-refractivity contribution in [1.82, 2.24) is 0 Å². The fraction of sp³-hybridized carbons (Fsp3) is 0.545. The van der Waals surface area contributed by atoms with Crippen LogP contribution in [0.2, 0.25) is 0 Å². The first kappa shape index (κ1) is 10.7. The molecule has 1 aliphatic carbocycles. The Balaban J connectivity index is 2.64. The van der Waals surface area contributed by atoms with Crippen LogP contribution < -0.4 is 0 Å². The van der Waals surface area contributed by atoms with E-state index in [1.807, 2.05) is 0 Å². The van der Waals surface area contributed by atoms with Crippen LogP contribution in [0.3, 0.4) is 0 Å². The Kier molecular flexibility index (Phi) is 3.91. The molecule has 13 heavy (non-hydrogen) atoms. The highest BCUT2D eigenvalue weighted by Gasteiger charge is 2.12. The van der Waals surface area contributed by atoms with Gasteiger partial charge in [0.25, 0.3) is 0 Å². The molecule has 0 spiro atoms. The predicted molar refractivity (Wildman–Crippen MR) is 61.5 cm³/mol. The van der Waals surface area contributed by atoms with E-state index >= 15 is 0 Å². The molecule has 0 aromatic carbocycles. The predicted octanol–water partition coefficient (Wildman–Crippen LogP) is 4.05. The van der Waals surface area contributed by atoms with E-state index in [0.29, 0.717) is 5.92 Å². The molecule has 0 aromatic heterocycles. The molecule has 2 heteroatoms. The average Bonchev–Trinajstić information content (AvgIpc) is 2.09. The highest BCUT2D eigenvalue weighted by atomic mass is 79.9. The number of rotatable bonds is 3. The molecule has 1 N–H and O–H groups in total. The molecule has 0 radical (unpaired) electrons. The van der Waals surface area contributed by atoms with Crippen molar-refractivity contribution < 1.29 is 0 Å². The van der Waals surface area contributed by atoms with Gasteiger partial charge in [-0.1, -0.05) is 48.4 Å². The van der Waals surface area contributed by atoms with E-state index in [9.17, 15) is 0 Å². The van der Waals surface area contributed by atoms with Crippen LogP contribution in [0.4, 0.5) is 0 Å². The van der Waals surface area contributed by atoms with Crippen molar-refractivity contribution in [1.29, 1.82) is 5.41 Å². The second-order valence-corrected chi connectivity index (χ2v) is 4.70. The third-order valence-corrected chi connectivity index (χ3v) is 3.01. The maximum absolute atomic E-state index is 7.81. The molecule has 0 bridgehead atoms. The van der Waals surface area contributed by atoms with Crippen LogP contribution in [0.5, 0.6) is 0 Å². The zero-order chi connectivity index (χ0) is 9.84. The first-order valence-corrected chi connectivity index (χ1v) is 5.55. The maximum Gasteiger partial charge on any atom is 0.0395 e. The normalized spacial score (nSPS) is 19.5. The lowest BCUT2D eigenvalue weighted by Gasteiger charge is -2.15. The minimum Gasteiger partial charge on any atom is -0.305 e. The Morgan fingerprint density at radius 1 is 1.54 bits per heavy atom. The Morgan fingerprint density at radius 2 is 2.23 bits per heavy atom. The van der Waals surface area contributed by atoms with Crippen molar-refractivity contribution in [3.05, 3.63) is 22.2 Å². The number of halogens is 1. The zero-order valence-corrected chi connectivity index (χ0v) is 9.82. The molecule has 0 saturated heterocycles. The lowest BCUT2D eigenvalue weighted by molar-refractivity contribution is 0.564. The average molecular weight is 242 g/mol. The summed E-state index contributed by atoms with van der Waals surface area (Å²) in [6.07, 6.45) is 7.14. The number of allylic oxidation sites excluding steroid dienone is 4. The highest BCUT2D eigenvalue weighted by molar-refractivity contribution is 9.11. The van der Waals surface area contributed by atoms with Gasteiger partial charge in [-0.3, -0.25) is 0 Å². The first-order valence-electron chi connectivity index (χ1n) is 4.76. The monoisotopic (exact) mass is 241 g/mol. The summed E-state index contributed by atoms with van der Waals surface area (Å²) >= 11 is 3.42. The van der Waals surface area contributed by atoms with Crippen molar-refractivity contribution in [2.24, 2.45) is 5.92 Å². The second-order valence-electron chi connectivity index (χ2n) is 3.68. The van der Waals surface area contributed by atoms with Crippen molar-refractivity contribution in [2.75, 3.05) is 0 Å². The fourth-order valence-electron chi connectivity index (χ4n) is 1.34. The van der Waals surface area contributed by atoms with Crippen LogP contribution in [0.25, 0.3) is 0 Å². The quantitative estimate of drug-likeness (QED) is 0.771. The SMILES string of the molecule is CCC(C)CC1=CC=C(Br)CC1=N. The summed E-state index contributed by atoms with van der Waals surface area (Å²) in [5.41, 5.74) is 1.98. The fourth-order valence-corrected chi connectivity index (χ4v) is 1.76. The Labute approximate surface area is 88.6 Å². The molecule has 0 heterocycles. The van der Waals surface area contributed by atoms with Crippen molar-refractivity contribution in [3.63, 3.8) is 0 Å². The summed E-state index contributed by atoms with van der Waals surface area (Å²) < 4.78 is 1.12. The van der Waals surface area contributed by atoms with E-state index in [4.69, 9.17) is 5.41 Å². The van der Waals surface area contributed by atoms with Crippen LogP contribution in [-0.2, 0) is 0 Å². The van der Waals surface area contributed by atoms with E-state index in [1.165, 1.54) is 12.0 Å². The van der Waals surface area contributed by atoms with Gasteiger partial charge in [-0.05, 0) is 17.9 Å². The van der Waals surface area contributed by atoms with E-state index < -0.39 is 0 Å². The highest BCUT2D eigenvalue weighted by Crippen LogP contribution is 2.24. The molecular formula is C11H16BrN. The van der Waals surface area contributed by atoms with Gasteiger partial charge < -0.3 is 5.41 Å². The van der Waals surface area contributed by atoms with E-state index in [0.717, 1.165) is 23.0 Å². The largest absolute Gasteiger partial charge is 0.305 e. The van der Waals surface area contributed by atoms with Gasteiger partial charge in [-0.25, -0.2) is 0 Å². The third-order valence-electron chi connectivity index (χ3n) is 2.46. The zero-order valence-electron chi connectivity index (χ0n) is 8.23. The lowest BCUT2D eigenvalue weighted by atomic mass is 9.92. The summed E-state index contributed by atoms with van der Waals surface area (Å²) in [5.74, 6) is 0.692. The van der Waals surface area contributed by atoms with Gasteiger partial charge >= 0.3 is 0 Å². The second kappa shape index (κ2) is 4.75. The van der Waals surface area contributed by atoms with Crippen molar-refractivity contribution in [3.8, 4) is 0 Å². The van der Waals surface area contributed by atoms with Gasteiger partial charge in [0, 0.05) is 16.6 Å². The molecule has 1 nitrogen and oxygen atoms in total. The molecule has 0 amide bonds. The number of hydrogen-bond donors (Lipinski definition) is 1. The van der Waals surface area contributed by atoms with E-state index in [2.05, 4.69) is 41.9 Å². The number of hydrogen-bond acceptors (Lipinski definition) is 1. The smallest absolute Gasteiger partial charge is 0.0395 e. The van der Waals surface area contributed by atoms with Crippen LogP contribution in [0.15, 0.2) is 22.2 Å². The molecule has 0 aliphatic heterocycles. The maximum atomic E-state index is 7.81. The summed E-state index contributed by atoms with van der Waals surface area (Å²) in [5, 5.41) is 7.81. The van der Waals surface area contributed by atoms with Gasteiger partial charge in [0.2, 0.25) is 0 Å². The van der Waals surface area contributed by atoms with Gasteiger partial charge in [0.15, 0.2) is 0 Å². The first-order chi connectivity index (χ1) is 6.13. The molecular weight excluding hydrogens is 226 g/mol. The molecule has 1 unspecified atom stereocenters. The van der Waals surface area contributed by atoms with Crippen LogP contribution >= 0.6 is 15.9 Å². The molecule has 72 valence electrons. The summed E-state index contributed by atoms with van der Waals surface area (Å²) in [4.78, 5) is 0. The topological polar surface area (TPSA) is 23.9 Å². The van der Waals surface area contributed by atoms with Crippen molar-refractivity contribution >= 4 is 21.6 Å². The van der Waals surface area contributed by atoms with Crippen LogP contribution in [-0.4, -0.2) is 5.71 Å². The minimum atomic E-state index is 0.692. The van der Waals surface area contributed by atoms with Gasteiger partial charge in [0.05, 0.1) is 0 Å². The summed E-state index contributed by atoms with van der Waals surface area (Å²) in [7, 11) is 0. The molecule has 1 aliphatic rings. The minimum absolute atomic E-state index is 0.692. The van der Waals surface area contributed by atoms with Crippen molar-refractivity contribution in [2.45, 2.75) is 33.1 Å². The van der Waals surface area contributed by atoms with Crippen LogP contribution in [0, 0.1) is 11.3 Å². The lowest BCUT2D eigenvalue weighted by Crippen LogP contribution is -2.08. The molecule has 1 rings (SSSR count).